The molecule has 1 amide bonds. The van der Waals surface area contributed by atoms with Crippen LogP contribution < -0.4 is 5.32 Å². The zero-order chi connectivity index (χ0) is 24.2. The third-order valence-electron chi connectivity index (χ3n) is 6.36. The van der Waals surface area contributed by atoms with E-state index in [1.54, 1.807) is 6.92 Å². The van der Waals surface area contributed by atoms with Gasteiger partial charge in [0.1, 0.15) is 0 Å². The molecule has 0 aliphatic heterocycles. The van der Waals surface area contributed by atoms with Crippen LogP contribution in [0.3, 0.4) is 0 Å². The first-order valence-corrected chi connectivity index (χ1v) is 20.6. The van der Waals surface area contributed by atoms with Gasteiger partial charge in [-0.05, 0) is 66.9 Å². The van der Waals surface area contributed by atoms with Crippen molar-refractivity contribution in [2.75, 3.05) is 6.54 Å². The quantitative estimate of drug-likeness (QED) is 0.287. The van der Waals surface area contributed by atoms with Gasteiger partial charge in [0.15, 0.2) is 8.32 Å². The second kappa shape index (κ2) is 10.4. The fourth-order valence-electron chi connectivity index (χ4n) is 3.36. The third-order valence-corrected chi connectivity index (χ3v) is 16.9. The number of carbonyl (C=O) groups is 2. The van der Waals surface area contributed by atoms with Gasteiger partial charge in [0.05, 0.1) is 19.7 Å². The maximum atomic E-state index is 12.0. The van der Waals surface area contributed by atoms with Crippen LogP contribution in [0.2, 0.25) is 51.9 Å². The van der Waals surface area contributed by atoms with Crippen LogP contribution in [0, 0.1) is 5.92 Å². The highest BCUT2D eigenvalue weighted by Gasteiger charge is 2.51. The monoisotopic (exact) mass is 477 g/mol. The lowest BCUT2D eigenvalue weighted by Crippen LogP contribution is -2.65. The first kappa shape index (κ1) is 29.5. The van der Waals surface area contributed by atoms with Crippen molar-refractivity contribution < 1.29 is 23.5 Å². The molecule has 0 heterocycles. The standard InChI is InChI=1S/C21H47NO5Si3/c1-17(16-18(23)24)19(25)22-14-13-15-29(9,10)20(2,3)27-30(11,12)21(4,5)26-28(6,7)8/h17H,13-16H2,1-12H3,(H,22,25)(H,23,24). The van der Waals surface area contributed by atoms with Crippen LogP contribution in [0.1, 0.15) is 47.5 Å². The summed E-state index contributed by atoms with van der Waals surface area (Å²) in [5.74, 6) is -1.64. The van der Waals surface area contributed by atoms with Crippen molar-refractivity contribution in [2.24, 2.45) is 5.92 Å². The number of hydrogen-bond donors (Lipinski definition) is 2. The van der Waals surface area contributed by atoms with Crippen molar-refractivity contribution in [3.63, 3.8) is 0 Å². The number of nitrogens with one attached hydrogen (secondary N) is 1. The van der Waals surface area contributed by atoms with Crippen molar-refractivity contribution in [1.29, 1.82) is 0 Å². The van der Waals surface area contributed by atoms with Crippen LogP contribution in [0.25, 0.3) is 0 Å². The highest BCUT2D eigenvalue weighted by molar-refractivity contribution is 6.82. The molecule has 2 N–H and O–H groups in total. The minimum atomic E-state index is -2.16. The van der Waals surface area contributed by atoms with E-state index in [0.717, 1.165) is 12.5 Å². The van der Waals surface area contributed by atoms with Gasteiger partial charge in [-0.15, -0.1) is 0 Å². The molecule has 0 saturated heterocycles. The molecule has 9 heteroatoms. The molecule has 6 nitrogen and oxygen atoms in total. The van der Waals surface area contributed by atoms with E-state index in [0.29, 0.717) is 6.54 Å². The average molecular weight is 478 g/mol. The molecule has 1 atom stereocenters. The normalized spacial score (nSPS) is 15.1. The van der Waals surface area contributed by atoms with E-state index in [1.807, 2.05) is 0 Å². The number of carbonyl (C=O) groups excluding carboxylic acids is 1. The fraction of sp³-hybridized carbons (Fsp3) is 0.905. The number of aliphatic carboxylic acids is 1. The Morgan fingerprint density at radius 1 is 0.933 bits per heavy atom. The molecule has 0 rings (SSSR count). The molecule has 0 saturated carbocycles. The summed E-state index contributed by atoms with van der Waals surface area (Å²) < 4.78 is 13.4. The molecule has 30 heavy (non-hydrogen) atoms. The fourth-order valence-corrected chi connectivity index (χ4v) is 11.8. The van der Waals surface area contributed by atoms with Crippen molar-refractivity contribution in [2.45, 2.75) is 110 Å². The van der Waals surface area contributed by atoms with Gasteiger partial charge in [0.25, 0.3) is 0 Å². The number of rotatable bonds is 13. The highest BCUT2D eigenvalue weighted by Crippen LogP contribution is 2.37. The van der Waals surface area contributed by atoms with Crippen LogP contribution in [0.15, 0.2) is 0 Å². The average Bonchev–Trinajstić information content (AvgIpc) is 2.46. The Morgan fingerprint density at radius 3 is 1.87 bits per heavy atom. The number of carboxylic acids is 1. The molecule has 0 aliphatic rings. The van der Waals surface area contributed by atoms with Crippen molar-refractivity contribution in [3.8, 4) is 0 Å². The van der Waals surface area contributed by atoms with Gasteiger partial charge in [0, 0.05) is 17.7 Å². The van der Waals surface area contributed by atoms with E-state index in [4.69, 9.17) is 14.0 Å². The summed E-state index contributed by atoms with van der Waals surface area (Å²) in [5.41, 5.74) is 0. The maximum Gasteiger partial charge on any atom is 0.304 e. The molecule has 0 aromatic carbocycles. The zero-order valence-electron chi connectivity index (χ0n) is 21.5. The molecule has 1 unspecified atom stereocenters. The smallest absolute Gasteiger partial charge is 0.304 e. The minimum absolute atomic E-state index is 0.137. The molecule has 0 fully saturated rings. The Kier molecular flexibility index (Phi) is 10.2. The van der Waals surface area contributed by atoms with Crippen molar-refractivity contribution >= 4 is 36.6 Å². The number of carboxylic acid groups (broad SMARTS) is 1. The van der Waals surface area contributed by atoms with Gasteiger partial charge < -0.3 is 19.3 Å². The van der Waals surface area contributed by atoms with Gasteiger partial charge in [-0.1, -0.05) is 26.1 Å². The van der Waals surface area contributed by atoms with Crippen LogP contribution in [0.5, 0.6) is 0 Å². The lowest BCUT2D eigenvalue weighted by Gasteiger charge is -2.51. The van der Waals surface area contributed by atoms with E-state index >= 15 is 0 Å². The molecule has 0 bridgehead atoms. The van der Waals surface area contributed by atoms with Gasteiger partial charge in [-0.25, -0.2) is 0 Å². The van der Waals surface area contributed by atoms with E-state index < -0.39 is 36.6 Å². The molecule has 0 radical (unpaired) electrons. The van der Waals surface area contributed by atoms with Crippen LogP contribution in [-0.4, -0.2) is 58.7 Å². The van der Waals surface area contributed by atoms with Gasteiger partial charge in [0.2, 0.25) is 14.2 Å². The summed E-state index contributed by atoms with van der Waals surface area (Å²) in [7, 11) is -5.63. The van der Waals surface area contributed by atoms with E-state index in [-0.39, 0.29) is 22.8 Å². The molecule has 0 spiro atoms. The zero-order valence-corrected chi connectivity index (χ0v) is 24.5. The summed E-state index contributed by atoms with van der Waals surface area (Å²) in [4.78, 5) is 22.8. The molecular formula is C21H47NO5Si3. The molecule has 0 aromatic rings. The van der Waals surface area contributed by atoms with Crippen molar-refractivity contribution in [1.82, 2.24) is 5.32 Å². The Balaban J connectivity index is 4.94. The van der Waals surface area contributed by atoms with Crippen molar-refractivity contribution in [3.05, 3.63) is 0 Å². The summed E-state index contributed by atoms with van der Waals surface area (Å²) in [5, 5.41) is 11.2. The molecule has 0 aromatic heterocycles. The van der Waals surface area contributed by atoms with Gasteiger partial charge >= 0.3 is 5.97 Å². The number of amides is 1. The van der Waals surface area contributed by atoms with E-state index in [9.17, 15) is 9.59 Å². The number of hydrogen-bond acceptors (Lipinski definition) is 4. The Morgan fingerprint density at radius 2 is 1.43 bits per heavy atom. The summed E-state index contributed by atoms with van der Waals surface area (Å²) >= 11 is 0. The van der Waals surface area contributed by atoms with E-state index in [2.05, 4.69) is 78.8 Å². The topological polar surface area (TPSA) is 84.9 Å². The van der Waals surface area contributed by atoms with Gasteiger partial charge in [-0.3, -0.25) is 9.59 Å². The Bertz CT molecular complexity index is 598. The summed E-state index contributed by atoms with van der Waals surface area (Å²) in [6.07, 6.45) is 0.732. The first-order chi connectivity index (χ1) is 13.1. The Hall–Kier alpha value is -0.489. The Labute approximate surface area is 187 Å². The first-order valence-electron chi connectivity index (χ1n) is 11.0. The highest BCUT2D eigenvalue weighted by atomic mass is 28.4. The lowest BCUT2D eigenvalue weighted by atomic mass is 10.1. The second-order valence-corrected chi connectivity index (χ2v) is 26.0. The lowest BCUT2D eigenvalue weighted by molar-refractivity contribution is -0.140. The maximum absolute atomic E-state index is 12.0. The predicted molar refractivity (Wildman–Crippen MR) is 132 cm³/mol. The van der Waals surface area contributed by atoms with E-state index in [1.165, 1.54) is 0 Å². The summed E-state index contributed by atoms with van der Waals surface area (Å²) in [6.45, 7) is 26.8. The molecule has 178 valence electrons. The third kappa shape index (κ3) is 9.34. The molecular weight excluding hydrogens is 430 g/mol. The minimum Gasteiger partial charge on any atom is -0.481 e. The second-order valence-electron chi connectivity index (χ2n) is 11.6. The largest absolute Gasteiger partial charge is 0.481 e. The SMILES string of the molecule is CC(CC(=O)O)C(=O)NCCC[Si](C)(C)C(C)(C)O[Si](C)(C)C(C)(C)O[Si](C)(C)C. The predicted octanol–water partition coefficient (Wildman–Crippen LogP) is 5.02. The van der Waals surface area contributed by atoms with Crippen LogP contribution in [0.4, 0.5) is 0 Å². The van der Waals surface area contributed by atoms with Crippen LogP contribution >= 0.6 is 0 Å². The van der Waals surface area contributed by atoms with Gasteiger partial charge in [-0.2, -0.15) is 0 Å². The van der Waals surface area contributed by atoms with Crippen LogP contribution in [-0.2, 0) is 18.4 Å². The summed E-state index contributed by atoms with van der Waals surface area (Å²) in [6, 6.07) is 1.02. The molecule has 0 aliphatic carbocycles.